The van der Waals surface area contributed by atoms with Crippen molar-refractivity contribution in [3.05, 3.63) is 46.1 Å². The number of anilines is 1. The lowest BCUT2D eigenvalue weighted by atomic mass is 10.1. The van der Waals surface area contributed by atoms with E-state index in [1.54, 1.807) is 0 Å². The van der Waals surface area contributed by atoms with Gasteiger partial charge in [0.25, 0.3) is 0 Å². The fraction of sp³-hybridized carbons (Fsp3) is 0.231. The van der Waals surface area contributed by atoms with Gasteiger partial charge in [0.05, 0.1) is 19.3 Å². The Balaban J connectivity index is 2.24. The van der Waals surface area contributed by atoms with E-state index >= 15 is 0 Å². The van der Waals surface area contributed by atoms with Gasteiger partial charge in [0.1, 0.15) is 5.02 Å². The first kappa shape index (κ1) is 13.9. The Morgan fingerprint density at radius 1 is 1.21 bits per heavy atom. The molecule has 0 aliphatic carbocycles. The van der Waals surface area contributed by atoms with Crippen LogP contribution in [0.25, 0.3) is 0 Å². The third kappa shape index (κ3) is 3.28. The molecule has 2 aromatic rings. The van der Waals surface area contributed by atoms with E-state index in [0.717, 1.165) is 5.56 Å². The number of ether oxygens (including phenoxy) is 1. The number of hydrogen-bond acceptors (Lipinski definition) is 4. The van der Waals surface area contributed by atoms with Crippen molar-refractivity contribution in [3.8, 4) is 6.01 Å². The van der Waals surface area contributed by atoms with Crippen molar-refractivity contribution in [3.63, 3.8) is 0 Å². The van der Waals surface area contributed by atoms with Crippen molar-refractivity contribution in [1.82, 2.24) is 9.97 Å². The first-order chi connectivity index (χ1) is 9.11. The van der Waals surface area contributed by atoms with Crippen LogP contribution in [0.1, 0.15) is 18.5 Å². The maximum absolute atomic E-state index is 6.15. The fourth-order valence-corrected chi connectivity index (χ4v) is 2.10. The van der Waals surface area contributed by atoms with E-state index in [4.69, 9.17) is 27.9 Å². The normalized spacial score (nSPS) is 12.0. The molecule has 0 aliphatic rings. The minimum atomic E-state index is -0.0363. The highest BCUT2D eigenvalue weighted by atomic mass is 35.5. The van der Waals surface area contributed by atoms with Crippen LogP contribution in [-0.4, -0.2) is 17.1 Å². The Hall–Kier alpha value is -1.52. The molecule has 0 bridgehead atoms. The number of aromatic nitrogens is 2. The average Bonchev–Trinajstić information content (AvgIpc) is 2.41. The van der Waals surface area contributed by atoms with Crippen molar-refractivity contribution in [2.75, 3.05) is 12.4 Å². The molecule has 4 nitrogen and oxygen atoms in total. The van der Waals surface area contributed by atoms with Crippen LogP contribution in [-0.2, 0) is 0 Å². The molecule has 1 N–H and O–H groups in total. The van der Waals surface area contributed by atoms with Crippen LogP contribution in [0.4, 0.5) is 5.82 Å². The van der Waals surface area contributed by atoms with Gasteiger partial charge in [0, 0.05) is 5.02 Å². The average molecular weight is 298 g/mol. The Kier molecular flexibility index (Phi) is 4.45. The molecule has 100 valence electrons. The van der Waals surface area contributed by atoms with Crippen LogP contribution in [0.15, 0.2) is 30.5 Å². The predicted octanol–water partition coefficient (Wildman–Crippen LogP) is 3.97. The lowest BCUT2D eigenvalue weighted by molar-refractivity contribution is 0.380. The Labute approximate surface area is 121 Å². The molecule has 1 aromatic carbocycles. The number of benzene rings is 1. The topological polar surface area (TPSA) is 47.0 Å². The van der Waals surface area contributed by atoms with Crippen LogP contribution < -0.4 is 10.1 Å². The molecule has 1 atom stereocenters. The van der Waals surface area contributed by atoms with Gasteiger partial charge in [-0.05, 0) is 18.6 Å². The summed E-state index contributed by atoms with van der Waals surface area (Å²) in [5.74, 6) is 0.515. The number of nitrogens with zero attached hydrogens (tertiary/aromatic N) is 2. The second-order valence-electron chi connectivity index (χ2n) is 3.94. The monoisotopic (exact) mass is 297 g/mol. The summed E-state index contributed by atoms with van der Waals surface area (Å²) in [6.07, 6.45) is 1.50. The predicted molar refractivity (Wildman–Crippen MR) is 77.1 cm³/mol. The third-order valence-electron chi connectivity index (χ3n) is 2.63. The van der Waals surface area contributed by atoms with Gasteiger partial charge in [-0.25, -0.2) is 4.98 Å². The summed E-state index contributed by atoms with van der Waals surface area (Å²) in [4.78, 5) is 8.09. The summed E-state index contributed by atoms with van der Waals surface area (Å²) in [7, 11) is 1.50. The van der Waals surface area contributed by atoms with Gasteiger partial charge < -0.3 is 10.1 Å². The van der Waals surface area contributed by atoms with Crippen LogP contribution >= 0.6 is 23.2 Å². The van der Waals surface area contributed by atoms with E-state index < -0.39 is 0 Å². The Morgan fingerprint density at radius 2 is 1.95 bits per heavy atom. The number of rotatable bonds is 4. The zero-order valence-corrected chi connectivity index (χ0v) is 12.0. The smallest absolute Gasteiger partial charge is 0.318 e. The maximum Gasteiger partial charge on any atom is 0.318 e. The molecule has 19 heavy (non-hydrogen) atoms. The number of methoxy groups -OCH3 is 1. The van der Waals surface area contributed by atoms with Gasteiger partial charge in [0.15, 0.2) is 5.82 Å². The molecule has 0 amide bonds. The molecule has 1 aromatic heterocycles. The van der Waals surface area contributed by atoms with Gasteiger partial charge in [-0.3, -0.25) is 0 Å². The summed E-state index contributed by atoms with van der Waals surface area (Å²) in [5, 5.41) is 4.32. The minimum Gasteiger partial charge on any atom is -0.467 e. The lowest BCUT2D eigenvalue weighted by Crippen LogP contribution is -2.09. The molecule has 0 spiro atoms. The van der Waals surface area contributed by atoms with E-state index in [1.807, 2.05) is 31.2 Å². The first-order valence-corrected chi connectivity index (χ1v) is 6.45. The van der Waals surface area contributed by atoms with Crippen LogP contribution in [0, 0.1) is 0 Å². The summed E-state index contributed by atoms with van der Waals surface area (Å²) in [5.41, 5.74) is 0.970. The maximum atomic E-state index is 6.15. The molecule has 2 rings (SSSR count). The Morgan fingerprint density at radius 3 is 2.63 bits per heavy atom. The zero-order valence-electron chi connectivity index (χ0n) is 10.5. The molecule has 0 fully saturated rings. The van der Waals surface area contributed by atoms with Crippen molar-refractivity contribution >= 4 is 29.0 Å². The minimum absolute atomic E-state index is 0.0363. The first-order valence-electron chi connectivity index (χ1n) is 5.69. The molecular formula is C13H13Cl2N3O. The molecular weight excluding hydrogens is 285 g/mol. The van der Waals surface area contributed by atoms with Crippen molar-refractivity contribution in [2.45, 2.75) is 13.0 Å². The summed E-state index contributed by atoms with van der Waals surface area (Å²) >= 11 is 12.2. The van der Waals surface area contributed by atoms with Gasteiger partial charge in [-0.2, -0.15) is 4.98 Å². The van der Waals surface area contributed by atoms with Gasteiger partial charge in [-0.15, -0.1) is 0 Å². The van der Waals surface area contributed by atoms with E-state index in [9.17, 15) is 0 Å². The number of nitrogens with one attached hydrogen (secondary N) is 1. The third-order valence-corrected chi connectivity index (χ3v) is 3.25. The summed E-state index contributed by atoms with van der Waals surface area (Å²) in [6, 6.07) is 7.84. The molecule has 0 saturated heterocycles. The van der Waals surface area contributed by atoms with Crippen molar-refractivity contribution in [1.29, 1.82) is 0 Å². The van der Waals surface area contributed by atoms with Gasteiger partial charge >= 0.3 is 6.01 Å². The van der Waals surface area contributed by atoms with Crippen LogP contribution in [0.2, 0.25) is 10.0 Å². The zero-order chi connectivity index (χ0) is 13.8. The van der Waals surface area contributed by atoms with Crippen molar-refractivity contribution < 1.29 is 4.74 Å². The molecule has 0 saturated carbocycles. The second-order valence-corrected chi connectivity index (χ2v) is 4.76. The fourth-order valence-electron chi connectivity index (χ4n) is 1.66. The van der Waals surface area contributed by atoms with Gasteiger partial charge in [-0.1, -0.05) is 41.4 Å². The molecule has 1 unspecified atom stereocenters. The summed E-state index contributed by atoms with van der Waals surface area (Å²) < 4.78 is 4.97. The molecule has 0 aliphatic heterocycles. The number of halogens is 2. The highest BCUT2D eigenvalue weighted by molar-refractivity contribution is 6.33. The van der Waals surface area contributed by atoms with Crippen molar-refractivity contribution in [2.24, 2.45) is 0 Å². The van der Waals surface area contributed by atoms with E-state index in [-0.39, 0.29) is 12.1 Å². The standard InChI is InChI=1S/C13H13Cl2N3O/c1-8(9-5-3-4-6-10(9)14)17-12-11(15)7-16-13(18-12)19-2/h3-8H,1-2H3,(H,16,17,18). The second kappa shape index (κ2) is 6.08. The van der Waals surface area contributed by atoms with E-state index in [1.165, 1.54) is 13.3 Å². The quantitative estimate of drug-likeness (QED) is 0.928. The van der Waals surface area contributed by atoms with E-state index in [2.05, 4.69) is 15.3 Å². The largest absolute Gasteiger partial charge is 0.467 e. The van der Waals surface area contributed by atoms with Crippen LogP contribution in [0.3, 0.4) is 0 Å². The molecule has 1 heterocycles. The summed E-state index contributed by atoms with van der Waals surface area (Å²) in [6.45, 7) is 1.98. The lowest BCUT2D eigenvalue weighted by Gasteiger charge is -2.17. The number of hydrogen-bond donors (Lipinski definition) is 1. The SMILES string of the molecule is COc1ncc(Cl)c(NC(C)c2ccccc2Cl)n1. The van der Waals surface area contributed by atoms with Gasteiger partial charge in [0.2, 0.25) is 0 Å². The highest BCUT2D eigenvalue weighted by Crippen LogP contribution is 2.28. The van der Waals surface area contributed by atoms with Crippen LogP contribution in [0.5, 0.6) is 6.01 Å². The van der Waals surface area contributed by atoms with E-state index in [0.29, 0.717) is 15.9 Å². The highest BCUT2D eigenvalue weighted by Gasteiger charge is 2.12. The molecule has 6 heteroatoms. The molecule has 0 radical (unpaired) electrons. The Bertz CT molecular complexity index is 578.